The van der Waals surface area contributed by atoms with Crippen molar-refractivity contribution < 1.29 is 14.6 Å². The Balaban J connectivity index is 3.21. The molecule has 1 rings (SSSR count). The lowest BCUT2D eigenvalue weighted by molar-refractivity contribution is 0.0692. The summed E-state index contributed by atoms with van der Waals surface area (Å²) in [4.78, 5) is 10.9. The number of carbonyl (C=O) groups is 1. The number of hydrogen-bond donors (Lipinski definition) is 1. The van der Waals surface area contributed by atoms with E-state index in [4.69, 9.17) is 9.84 Å². The molecule has 0 saturated carbocycles. The molecule has 1 aromatic rings. The van der Waals surface area contributed by atoms with E-state index >= 15 is 0 Å². The Kier molecular flexibility index (Phi) is 3.91. The van der Waals surface area contributed by atoms with Gasteiger partial charge in [-0.2, -0.15) is 0 Å². The number of rotatable bonds is 4. The van der Waals surface area contributed by atoms with Crippen molar-refractivity contribution in [3.05, 3.63) is 40.4 Å². The highest BCUT2D eigenvalue weighted by molar-refractivity contribution is 9.10. The van der Waals surface area contributed by atoms with Crippen molar-refractivity contribution in [2.75, 3.05) is 6.61 Å². The summed E-state index contributed by atoms with van der Waals surface area (Å²) in [5, 5.41) is 8.95. The molecule has 0 aliphatic heterocycles. The summed E-state index contributed by atoms with van der Waals surface area (Å²) in [5.74, 6) is -0.655. The van der Waals surface area contributed by atoms with Crippen molar-refractivity contribution in [2.45, 2.75) is 6.92 Å². The molecule has 0 fully saturated rings. The Morgan fingerprint density at radius 3 is 2.87 bits per heavy atom. The van der Waals surface area contributed by atoms with Gasteiger partial charge in [-0.05, 0) is 34.5 Å². The maximum absolute atomic E-state index is 10.9. The summed E-state index contributed by atoms with van der Waals surface area (Å²) >= 11 is 3.31. The van der Waals surface area contributed by atoms with E-state index in [0.717, 1.165) is 5.56 Å². The molecule has 0 saturated heterocycles. The van der Waals surface area contributed by atoms with Gasteiger partial charge >= 0.3 is 5.97 Å². The minimum absolute atomic E-state index is 0.148. The molecule has 1 aromatic carbocycles. The molecule has 0 aliphatic rings. The van der Waals surface area contributed by atoms with Gasteiger partial charge in [0.15, 0.2) is 0 Å². The first-order valence-corrected chi connectivity index (χ1v) is 5.13. The van der Waals surface area contributed by atoms with Gasteiger partial charge in [-0.15, -0.1) is 0 Å². The van der Waals surface area contributed by atoms with E-state index in [9.17, 15) is 4.79 Å². The van der Waals surface area contributed by atoms with Crippen molar-refractivity contribution in [1.29, 1.82) is 0 Å². The smallest absolute Gasteiger partial charge is 0.339 e. The third kappa shape index (κ3) is 2.59. The monoisotopic (exact) mass is 270 g/mol. The van der Waals surface area contributed by atoms with Crippen LogP contribution in [-0.4, -0.2) is 17.7 Å². The lowest BCUT2D eigenvalue weighted by Gasteiger charge is -2.11. The second-order valence-electron chi connectivity index (χ2n) is 2.98. The standard InChI is InChI=1S/C11H11BrO3/c1-3-6-15-10-8(11(13)14)5-4-7(2)9(10)12/h3-5H,1,6H2,2H3,(H,13,14). The van der Waals surface area contributed by atoms with Crippen molar-refractivity contribution in [3.63, 3.8) is 0 Å². The fourth-order valence-electron chi connectivity index (χ4n) is 1.11. The summed E-state index contributed by atoms with van der Waals surface area (Å²) in [5.41, 5.74) is 1.08. The van der Waals surface area contributed by atoms with Gasteiger partial charge in [0.1, 0.15) is 17.9 Å². The molecule has 0 aromatic heterocycles. The molecule has 0 unspecified atom stereocenters. The maximum atomic E-state index is 10.9. The Bertz CT molecular complexity index is 399. The highest BCUT2D eigenvalue weighted by Gasteiger charge is 2.15. The van der Waals surface area contributed by atoms with Crippen LogP contribution in [0.2, 0.25) is 0 Å². The number of benzene rings is 1. The van der Waals surface area contributed by atoms with Crippen molar-refractivity contribution >= 4 is 21.9 Å². The molecule has 80 valence electrons. The average molecular weight is 271 g/mol. The zero-order chi connectivity index (χ0) is 11.4. The number of halogens is 1. The number of carboxylic acid groups (broad SMARTS) is 1. The van der Waals surface area contributed by atoms with Crippen LogP contribution in [0.4, 0.5) is 0 Å². The number of aromatic carboxylic acids is 1. The van der Waals surface area contributed by atoms with Crippen LogP contribution >= 0.6 is 15.9 Å². The summed E-state index contributed by atoms with van der Waals surface area (Å²) in [6.45, 7) is 5.67. The minimum atomic E-state index is -1.00. The topological polar surface area (TPSA) is 46.5 Å². The first kappa shape index (κ1) is 11.8. The summed E-state index contributed by atoms with van der Waals surface area (Å²) in [7, 11) is 0. The van der Waals surface area contributed by atoms with Crippen LogP contribution < -0.4 is 4.74 Å². The molecule has 0 radical (unpaired) electrons. The Morgan fingerprint density at radius 2 is 2.33 bits per heavy atom. The molecular weight excluding hydrogens is 260 g/mol. The van der Waals surface area contributed by atoms with Gasteiger partial charge < -0.3 is 9.84 Å². The van der Waals surface area contributed by atoms with Gasteiger partial charge in [0.05, 0.1) is 4.47 Å². The highest BCUT2D eigenvalue weighted by atomic mass is 79.9. The van der Waals surface area contributed by atoms with E-state index in [-0.39, 0.29) is 12.2 Å². The second kappa shape index (κ2) is 4.98. The second-order valence-corrected chi connectivity index (χ2v) is 3.77. The lowest BCUT2D eigenvalue weighted by Crippen LogP contribution is -2.04. The first-order valence-electron chi connectivity index (χ1n) is 4.34. The first-order chi connectivity index (χ1) is 7.07. The van der Waals surface area contributed by atoms with Gasteiger partial charge in [-0.1, -0.05) is 18.7 Å². The molecule has 4 heteroatoms. The van der Waals surface area contributed by atoms with Gasteiger partial charge in [0, 0.05) is 0 Å². The average Bonchev–Trinajstić information content (AvgIpc) is 2.19. The van der Waals surface area contributed by atoms with Crippen molar-refractivity contribution in [3.8, 4) is 5.75 Å². The van der Waals surface area contributed by atoms with Crippen LogP contribution in [0.5, 0.6) is 5.75 Å². The van der Waals surface area contributed by atoms with E-state index in [1.54, 1.807) is 12.1 Å². The fourth-order valence-corrected chi connectivity index (χ4v) is 1.57. The van der Waals surface area contributed by atoms with E-state index in [0.29, 0.717) is 10.2 Å². The third-order valence-corrected chi connectivity index (χ3v) is 2.85. The molecule has 0 bridgehead atoms. The maximum Gasteiger partial charge on any atom is 0.339 e. The van der Waals surface area contributed by atoms with Crippen LogP contribution in [0.15, 0.2) is 29.3 Å². The van der Waals surface area contributed by atoms with Gasteiger partial charge in [-0.25, -0.2) is 4.79 Å². The summed E-state index contributed by atoms with van der Waals surface area (Å²) in [6.07, 6.45) is 1.57. The molecule has 0 spiro atoms. The third-order valence-electron chi connectivity index (χ3n) is 1.87. The van der Waals surface area contributed by atoms with Gasteiger partial charge in [0.2, 0.25) is 0 Å². The molecule has 0 aliphatic carbocycles. The SMILES string of the molecule is C=CCOc1c(C(=O)O)ccc(C)c1Br. The largest absolute Gasteiger partial charge is 0.487 e. The van der Waals surface area contributed by atoms with Gasteiger partial charge in [0.25, 0.3) is 0 Å². The molecular formula is C11H11BrO3. The highest BCUT2D eigenvalue weighted by Crippen LogP contribution is 2.32. The molecule has 1 N–H and O–H groups in total. The zero-order valence-electron chi connectivity index (χ0n) is 8.29. The zero-order valence-corrected chi connectivity index (χ0v) is 9.87. The van der Waals surface area contributed by atoms with Crippen LogP contribution in [0.1, 0.15) is 15.9 Å². The van der Waals surface area contributed by atoms with E-state index in [2.05, 4.69) is 22.5 Å². The molecule has 0 amide bonds. The Labute approximate surface area is 96.5 Å². The Hall–Kier alpha value is -1.29. The number of carboxylic acids is 1. The number of aryl methyl sites for hydroxylation is 1. The molecule has 3 nitrogen and oxygen atoms in total. The Morgan fingerprint density at radius 1 is 1.67 bits per heavy atom. The molecule has 0 heterocycles. The van der Waals surface area contributed by atoms with Crippen LogP contribution in [-0.2, 0) is 0 Å². The van der Waals surface area contributed by atoms with E-state index in [1.165, 1.54) is 6.07 Å². The van der Waals surface area contributed by atoms with E-state index < -0.39 is 5.97 Å². The molecule has 15 heavy (non-hydrogen) atoms. The van der Waals surface area contributed by atoms with Crippen LogP contribution in [0, 0.1) is 6.92 Å². The predicted octanol–water partition coefficient (Wildman–Crippen LogP) is 3.02. The normalized spacial score (nSPS) is 9.73. The van der Waals surface area contributed by atoms with Gasteiger partial charge in [-0.3, -0.25) is 0 Å². The summed E-state index contributed by atoms with van der Waals surface area (Å²) in [6, 6.07) is 3.26. The number of ether oxygens (including phenoxy) is 1. The predicted molar refractivity (Wildman–Crippen MR) is 61.5 cm³/mol. The quantitative estimate of drug-likeness (QED) is 0.856. The minimum Gasteiger partial charge on any atom is -0.487 e. The van der Waals surface area contributed by atoms with Crippen LogP contribution in [0.25, 0.3) is 0 Å². The molecule has 0 atom stereocenters. The summed E-state index contributed by atoms with van der Waals surface area (Å²) < 4.78 is 5.98. The van der Waals surface area contributed by atoms with E-state index in [1.807, 2.05) is 6.92 Å². The lowest BCUT2D eigenvalue weighted by atomic mass is 10.1. The van der Waals surface area contributed by atoms with Crippen molar-refractivity contribution in [1.82, 2.24) is 0 Å². The van der Waals surface area contributed by atoms with Crippen LogP contribution in [0.3, 0.4) is 0 Å². The fraction of sp³-hybridized carbons (Fsp3) is 0.182. The van der Waals surface area contributed by atoms with Crippen molar-refractivity contribution in [2.24, 2.45) is 0 Å². The number of hydrogen-bond acceptors (Lipinski definition) is 2.